The first-order valence-electron chi connectivity index (χ1n) is 7.84. The molecule has 0 aromatic heterocycles. The van der Waals surface area contributed by atoms with E-state index < -0.39 is 0 Å². The lowest BCUT2D eigenvalue weighted by atomic mass is 9.89. The molecule has 0 bridgehead atoms. The van der Waals surface area contributed by atoms with Gasteiger partial charge in [-0.3, -0.25) is 0 Å². The summed E-state index contributed by atoms with van der Waals surface area (Å²) >= 11 is 3.50. The van der Waals surface area contributed by atoms with Crippen molar-refractivity contribution in [2.45, 2.75) is 45.7 Å². The first-order valence-corrected chi connectivity index (χ1v) is 8.63. The van der Waals surface area contributed by atoms with E-state index in [1.807, 2.05) is 0 Å². The smallest absolute Gasteiger partial charge is 0.0294 e. The van der Waals surface area contributed by atoms with Crippen molar-refractivity contribution in [3.8, 4) is 0 Å². The standard InChI is InChI=1S/C17H27BrN2/c1-4-20-11-9-16(10-12-20)14(3)19-13(2)15-5-7-17(18)8-6-15/h5-8,13-14,16,19H,4,9-12H2,1-3H3/t13-,14?/m0/s1. The lowest BCUT2D eigenvalue weighted by Crippen LogP contribution is -2.42. The van der Waals surface area contributed by atoms with Gasteiger partial charge >= 0.3 is 0 Å². The van der Waals surface area contributed by atoms with Gasteiger partial charge in [-0.2, -0.15) is 0 Å². The summed E-state index contributed by atoms with van der Waals surface area (Å²) in [5, 5.41) is 3.78. The molecule has 0 aliphatic carbocycles. The number of benzene rings is 1. The van der Waals surface area contributed by atoms with E-state index in [9.17, 15) is 0 Å². The Labute approximate surface area is 132 Å². The minimum absolute atomic E-state index is 0.419. The zero-order valence-corrected chi connectivity index (χ0v) is 14.5. The van der Waals surface area contributed by atoms with Gasteiger partial charge in [0, 0.05) is 16.6 Å². The van der Waals surface area contributed by atoms with Gasteiger partial charge in [0.15, 0.2) is 0 Å². The number of hydrogen-bond acceptors (Lipinski definition) is 2. The molecule has 0 spiro atoms. The highest BCUT2D eigenvalue weighted by Gasteiger charge is 2.24. The zero-order chi connectivity index (χ0) is 14.5. The molecule has 1 aliphatic heterocycles. The molecule has 2 atom stereocenters. The minimum Gasteiger partial charge on any atom is -0.307 e. The van der Waals surface area contributed by atoms with E-state index in [1.165, 1.54) is 38.0 Å². The Bertz CT molecular complexity index is 396. The maximum Gasteiger partial charge on any atom is 0.0294 e. The average molecular weight is 339 g/mol. The molecule has 1 aliphatic rings. The van der Waals surface area contributed by atoms with Crippen LogP contribution in [0, 0.1) is 5.92 Å². The van der Waals surface area contributed by atoms with E-state index in [2.05, 4.69) is 71.2 Å². The van der Waals surface area contributed by atoms with E-state index in [0.29, 0.717) is 12.1 Å². The van der Waals surface area contributed by atoms with E-state index in [-0.39, 0.29) is 0 Å². The second kappa shape index (κ2) is 7.58. The third-order valence-corrected chi connectivity index (χ3v) is 5.20. The Kier molecular flexibility index (Phi) is 6.06. The van der Waals surface area contributed by atoms with Gasteiger partial charge in [-0.05, 0) is 69.9 Å². The summed E-state index contributed by atoms with van der Waals surface area (Å²) in [5.74, 6) is 0.815. The molecular formula is C17H27BrN2. The molecule has 1 fully saturated rings. The summed E-state index contributed by atoms with van der Waals surface area (Å²) in [6.07, 6.45) is 2.66. The molecule has 1 heterocycles. The molecule has 2 nitrogen and oxygen atoms in total. The van der Waals surface area contributed by atoms with Crippen molar-refractivity contribution in [3.05, 3.63) is 34.3 Å². The van der Waals surface area contributed by atoms with Crippen LogP contribution in [0.5, 0.6) is 0 Å². The van der Waals surface area contributed by atoms with Crippen molar-refractivity contribution < 1.29 is 0 Å². The van der Waals surface area contributed by atoms with E-state index in [4.69, 9.17) is 0 Å². The Morgan fingerprint density at radius 1 is 1.20 bits per heavy atom. The fraction of sp³-hybridized carbons (Fsp3) is 0.647. The molecule has 1 aromatic rings. The predicted molar refractivity (Wildman–Crippen MR) is 90.0 cm³/mol. The summed E-state index contributed by atoms with van der Waals surface area (Å²) in [6.45, 7) is 10.6. The number of likely N-dealkylation sites (tertiary alicyclic amines) is 1. The van der Waals surface area contributed by atoms with Crippen LogP contribution in [-0.2, 0) is 0 Å². The fourth-order valence-corrected chi connectivity index (χ4v) is 3.41. The van der Waals surface area contributed by atoms with Crippen molar-refractivity contribution in [3.63, 3.8) is 0 Å². The Balaban J connectivity index is 1.84. The normalized spacial score (nSPS) is 20.8. The maximum atomic E-state index is 3.78. The van der Waals surface area contributed by atoms with Crippen molar-refractivity contribution in [2.75, 3.05) is 19.6 Å². The molecule has 1 unspecified atom stereocenters. The predicted octanol–water partition coefficient (Wildman–Crippen LogP) is 4.22. The molecule has 0 saturated carbocycles. The number of nitrogens with zero attached hydrogens (tertiary/aromatic N) is 1. The highest BCUT2D eigenvalue weighted by molar-refractivity contribution is 9.10. The Morgan fingerprint density at radius 2 is 1.80 bits per heavy atom. The van der Waals surface area contributed by atoms with Crippen LogP contribution in [0.3, 0.4) is 0 Å². The molecular weight excluding hydrogens is 312 g/mol. The Morgan fingerprint density at radius 3 is 2.35 bits per heavy atom. The largest absolute Gasteiger partial charge is 0.307 e. The van der Waals surface area contributed by atoms with Gasteiger partial charge in [0.2, 0.25) is 0 Å². The van der Waals surface area contributed by atoms with Crippen LogP contribution >= 0.6 is 15.9 Å². The fourth-order valence-electron chi connectivity index (χ4n) is 3.15. The molecule has 1 N–H and O–H groups in total. The highest BCUT2D eigenvalue weighted by Crippen LogP contribution is 2.23. The minimum atomic E-state index is 0.419. The molecule has 1 saturated heterocycles. The van der Waals surface area contributed by atoms with Crippen LogP contribution < -0.4 is 5.32 Å². The number of hydrogen-bond donors (Lipinski definition) is 1. The second-order valence-corrected chi connectivity index (χ2v) is 6.92. The van der Waals surface area contributed by atoms with Crippen LogP contribution in [0.2, 0.25) is 0 Å². The number of halogens is 1. The summed E-state index contributed by atoms with van der Waals surface area (Å²) in [5.41, 5.74) is 1.37. The van der Waals surface area contributed by atoms with Gasteiger partial charge in [0.25, 0.3) is 0 Å². The first-order chi connectivity index (χ1) is 9.60. The van der Waals surface area contributed by atoms with Gasteiger partial charge in [0.05, 0.1) is 0 Å². The van der Waals surface area contributed by atoms with E-state index in [0.717, 1.165) is 10.4 Å². The number of nitrogens with one attached hydrogen (secondary N) is 1. The van der Waals surface area contributed by atoms with Gasteiger partial charge in [-0.25, -0.2) is 0 Å². The van der Waals surface area contributed by atoms with Crippen molar-refractivity contribution >= 4 is 15.9 Å². The van der Waals surface area contributed by atoms with Crippen molar-refractivity contribution in [1.82, 2.24) is 10.2 Å². The van der Waals surface area contributed by atoms with Gasteiger partial charge in [-0.1, -0.05) is 35.0 Å². The van der Waals surface area contributed by atoms with Crippen molar-refractivity contribution in [2.24, 2.45) is 5.92 Å². The topological polar surface area (TPSA) is 15.3 Å². The van der Waals surface area contributed by atoms with Crippen LogP contribution in [0.1, 0.15) is 45.2 Å². The maximum absolute atomic E-state index is 3.78. The molecule has 3 heteroatoms. The molecule has 2 rings (SSSR count). The van der Waals surface area contributed by atoms with Crippen LogP contribution in [0.15, 0.2) is 28.7 Å². The summed E-state index contributed by atoms with van der Waals surface area (Å²) in [6, 6.07) is 9.66. The van der Waals surface area contributed by atoms with E-state index >= 15 is 0 Å². The van der Waals surface area contributed by atoms with Gasteiger partial charge in [0.1, 0.15) is 0 Å². The van der Waals surface area contributed by atoms with Crippen LogP contribution in [0.4, 0.5) is 0 Å². The lowest BCUT2D eigenvalue weighted by molar-refractivity contribution is 0.165. The summed E-state index contributed by atoms with van der Waals surface area (Å²) in [7, 11) is 0. The molecule has 20 heavy (non-hydrogen) atoms. The number of piperidine rings is 1. The second-order valence-electron chi connectivity index (χ2n) is 6.00. The molecule has 0 amide bonds. The third kappa shape index (κ3) is 4.31. The SMILES string of the molecule is CCN1CCC(C(C)N[C@@H](C)c2ccc(Br)cc2)CC1. The van der Waals surface area contributed by atoms with Crippen LogP contribution in [0.25, 0.3) is 0 Å². The summed E-state index contributed by atoms with van der Waals surface area (Å²) < 4.78 is 1.15. The van der Waals surface area contributed by atoms with E-state index in [1.54, 1.807) is 0 Å². The first kappa shape index (κ1) is 16.0. The number of rotatable bonds is 5. The zero-order valence-electron chi connectivity index (χ0n) is 12.9. The highest BCUT2D eigenvalue weighted by atomic mass is 79.9. The molecule has 112 valence electrons. The lowest BCUT2D eigenvalue weighted by Gasteiger charge is -2.35. The van der Waals surface area contributed by atoms with Gasteiger partial charge < -0.3 is 10.2 Å². The molecule has 0 radical (unpaired) electrons. The Hall–Kier alpha value is -0.380. The quantitative estimate of drug-likeness (QED) is 0.864. The van der Waals surface area contributed by atoms with Gasteiger partial charge in [-0.15, -0.1) is 0 Å². The summed E-state index contributed by atoms with van der Waals surface area (Å²) in [4.78, 5) is 2.56. The average Bonchev–Trinajstić information content (AvgIpc) is 2.48. The van der Waals surface area contributed by atoms with Crippen LogP contribution in [-0.4, -0.2) is 30.6 Å². The molecule has 1 aromatic carbocycles. The van der Waals surface area contributed by atoms with Crippen molar-refractivity contribution in [1.29, 1.82) is 0 Å². The monoisotopic (exact) mass is 338 g/mol. The third-order valence-electron chi connectivity index (χ3n) is 4.67.